The van der Waals surface area contributed by atoms with Crippen LogP contribution in [0, 0.1) is 13.8 Å². The lowest BCUT2D eigenvalue weighted by molar-refractivity contribution is 0.0955. The van der Waals surface area contributed by atoms with Crippen LogP contribution < -0.4 is 5.43 Å². The lowest BCUT2D eigenvalue weighted by Gasteiger charge is -2.06. The van der Waals surface area contributed by atoms with E-state index in [9.17, 15) is 4.79 Å². The third kappa shape index (κ3) is 4.38. The Hall–Kier alpha value is -2.63. The fourth-order valence-electron chi connectivity index (χ4n) is 2.70. The zero-order valence-corrected chi connectivity index (χ0v) is 16.4. The number of carbonyl (C=O) groups excluding carboxylic acids is 1. The second kappa shape index (κ2) is 8.37. The van der Waals surface area contributed by atoms with Gasteiger partial charge in [0.05, 0.1) is 29.0 Å². The summed E-state index contributed by atoms with van der Waals surface area (Å²) in [5.74, 6) is -0.365. The molecule has 0 saturated heterocycles. The van der Waals surface area contributed by atoms with Gasteiger partial charge in [-0.1, -0.05) is 53.5 Å². The standard InChI is InChI=1S/C20H18Cl2N4O/c1-13-17(11-23-24-20(27)16-8-4-6-10-19(16)22)14(2)26(25-13)12-15-7-3-5-9-18(15)21/h3-11H,12H2,1-2H3,(H,24,27)/b23-11-. The van der Waals surface area contributed by atoms with Crippen LogP contribution in [0.15, 0.2) is 53.6 Å². The SMILES string of the molecule is Cc1nn(Cc2ccccc2Cl)c(C)c1/C=N\NC(=O)c1ccccc1Cl. The van der Waals surface area contributed by atoms with Gasteiger partial charge in [0, 0.05) is 16.3 Å². The lowest BCUT2D eigenvalue weighted by atomic mass is 10.2. The highest BCUT2D eigenvalue weighted by Gasteiger charge is 2.12. The monoisotopic (exact) mass is 400 g/mol. The summed E-state index contributed by atoms with van der Waals surface area (Å²) in [5.41, 5.74) is 6.46. The predicted octanol–water partition coefficient (Wildman–Crippen LogP) is 4.62. The van der Waals surface area contributed by atoms with Crippen molar-refractivity contribution in [1.29, 1.82) is 0 Å². The first-order valence-corrected chi connectivity index (χ1v) is 9.08. The Bertz CT molecular complexity index is 1010. The van der Waals surface area contributed by atoms with E-state index in [2.05, 4.69) is 15.6 Å². The first-order valence-electron chi connectivity index (χ1n) is 8.32. The highest BCUT2D eigenvalue weighted by molar-refractivity contribution is 6.33. The minimum absolute atomic E-state index is 0.365. The summed E-state index contributed by atoms with van der Waals surface area (Å²) in [4.78, 5) is 12.2. The van der Waals surface area contributed by atoms with Gasteiger partial charge in [-0.2, -0.15) is 10.2 Å². The van der Waals surface area contributed by atoms with Crippen LogP contribution in [-0.4, -0.2) is 21.9 Å². The molecule has 0 radical (unpaired) electrons. The van der Waals surface area contributed by atoms with Crippen LogP contribution in [0.3, 0.4) is 0 Å². The molecule has 0 aliphatic rings. The number of nitrogens with one attached hydrogen (secondary N) is 1. The van der Waals surface area contributed by atoms with E-state index in [1.165, 1.54) is 0 Å². The maximum absolute atomic E-state index is 12.2. The van der Waals surface area contributed by atoms with Crippen LogP contribution >= 0.6 is 23.2 Å². The van der Waals surface area contributed by atoms with E-state index < -0.39 is 0 Å². The molecule has 5 nitrogen and oxygen atoms in total. The second-order valence-corrected chi connectivity index (χ2v) is 6.83. The van der Waals surface area contributed by atoms with E-state index in [0.717, 1.165) is 22.5 Å². The summed E-state index contributed by atoms with van der Waals surface area (Å²) in [5, 5.41) is 9.69. The zero-order chi connectivity index (χ0) is 19.4. The molecule has 1 amide bonds. The van der Waals surface area contributed by atoms with Gasteiger partial charge in [-0.05, 0) is 37.6 Å². The van der Waals surface area contributed by atoms with Crippen molar-refractivity contribution in [2.24, 2.45) is 5.10 Å². The number of hydrogen-bond acceptors (Lipinski definition) is 3. The third-order valence-corrected chi connectivity index (χ3v) is 4.89. The van der Waals surface area contributed by atoms with E-state index in [-0.39, 0.29) is 5.91 Å². The molecule has 0 saturated carbocycles. The van der Waals surface area contributed by atoms with Gasteiger partial charge in [-0.15, -0.1) is 0 Å². The van der Waals surface area contributed by atoms with Gasteiger partial charge < -0.3 is 0 Å². The number of nitrogens with zero attached hydrogens (tertiary/aromatic N) is 3. The molecule has 0 unspecified atom stereocenters. The van der Waals surface area contributed by atoms with Crippen LogP contribution in [0.2, 0.25) is 10.0 Å². The molecule has 1 aromatic heterocycles. The quantitative estimate of drug-likeness (QED) is 0.501. The second-order valence-electron chi connectivity index (χ2n) is 6.01. The topological polar surface area (TPSA) is 59.3 Å². The number of benzene rings is 2. The number of aromatic nitrogens is 2. The van der Waals surface area contributed by atoms with Crippen LogP contribution in [0.5, 0.6) is 0 Å². The van der Waals surface area contributed by atoms with Gasteiger partial charge in [0.25, 0.3) is 5.91 Å². The number of amides is 1. The number of aryl methyl sites for hydroxylation is 1. The molecule has 0 aliphatic heterocycles. The minimum atomic E-state index is -0.365. The maximum atomic E-state index is 12.2. The molecule has 0 aliphatic carbocycles. The Kier molecular flexibility index (Phi) is 5.94. The van der Waals surface area contributed by atoms with Crippen molar-refractivity contribution in [3.8, 4) is 0 Å². The Balaban J connectivity index is 1.75. The first kappa shape index (κ1) is 19.1. The third-order valence-electron chi connectivity index (χ3n) is 4.19. The Morgan fingerprint density at radius 2 is 1.78 bits per heavy atom. The summed E-state index contributed by atoms with van der Waals surface area (Å²) in [6.45, 7) is 4.41. The van der Waals surface area contributed by atoms with E-state index in [1.54, 1.807) is 30.5 Å². The van der Waals surface area contributed by atoms with Crippen molar-refractivity contribution >= 4 is 35.3 Å². The molecule has 138 valence electrons. The Morgan fingerprint density at radius 3 is 2.48 bits per heavy atom. The smallest absolute Gasteiger partial charge is 0.267 e. The van der Waals surface area contributed by atoms with Crippen LogP contribution in [0.25, 0.3) is 0 Å². The summed E-state index contributed by atoms with van der Waals surface area (Å²) in [6, 6.07) is 14.5. The molecular formula is C20H18Cl2N4O. The minimum Gasteiger partial charge on any atom is -0.267 e. The largest absolute Gasteiger partial charge is 0.272 e. The predicted molar refractivity (Wildman–Crippen MR) is 109 cm³/mol. The average molecular weight is 401 g/mol. The van der Waals surface area contributed by atoms with Crippen LogP contribution in [0.4, 0.5) is 0 Å². The number of hydrazone groups is 1. The van der Waals surface area contributed by atoms with Crippen molar-refractivity contribution in [2.75, 3.05) is 0 Å². The fourth-order valence-corrected chi connectivity index (χ4v) is 3.12. The molecule has 3 aromatic rings. The Labute approximate surface area is 167 Å². The average Bonchev–Trinajstić information content (AvgIpc) is 2.91. The summed E-state index contributed by atoms with van der Waals surface area (Å²) >= 11 is 12.3. The normalized spacial score (nSPS) is 11.1. The molecule has 0 atom stereocenters. The number of hydrogen-bond donors (Lipinski definition) is 1. The number of halogens is 2. The lowest BCUT2D eigenvalue weighted by Crippen LogP contribution is -2.18. The molecule has 0 fully saturated rings. The molecule has 27 heavy (non-hydrogen) atoms. The fraction of sp³-hybridized carbons (Fsp3) is 0.150. The molecule has 7 heteroatoms. The van der Waals surface area contributed by atoms with E-state index in [4.69, 9.17) is 23.2 Å². The zero-order valence-electron chi connectivity index (χ0n) is 14.9. The number of carbonyl (C=O) groups is 1. The van der Waals surface area contributed by atoms with E-state index in [1.807, 2.05) is 42.8 Å². The molecule has 2 aromatic carbocycles. The highest BCUT2D eigenvalue weighted by Crippen LogP contribution is 2.19. The van der Waals surface area contributed by atoms with Crippen molar-refractivity contribution in [3.05, 3.63) is 86.7 Å². The maximum Gasteiger partial charge on any atom is 0.272 e. The van der Waals surface area contributed by atoms with Crippen LogP contribution in [-0.2, 0) is 6.54 Å². The molecule has 0 bridgehead atoms. The van der Waals surface area contributed by atoms with Crippen molar-refractivity contribution in [1.82, 2.24) is 15.2 Å². The summed E-state index contributed by atoms with van der Waals surface area (Å²) in [7, 11) is 0. The molecule has 0 spiro atoms. The Morgan fingerprint density at radius 1 is 1.11 bits per heavy atom. The van der Waals surface area contributed by atoms with E-state index in [0.29, 0.717) is 22.2 Å². The van der Waals surface area contributed by atoms with E-state index >= 15 is 0 Å². The van der Waals surface area contributed by atoms with Crippen molar-refractivity contribution < 1.29 is 4.79 Å². The van der Waals surface area contributed by atoms with Gasteiger partial charge in [0.2, 0.25) is 0 Å². The van der Waals surface area contributed by atoms with Gasteiger partial charge >= 0.3 is 0 Å². The van der Waals surface area contributed by atoms with Gasteiger partial charge in [-0.25, -0.2) is 5.43 Å². The van der Waals surface area contributed by atoms with Gasteiger partial charge in [-0.3, -0.25) is 9.48 Å². The molecule has 1 N–H and O–H groups in total. The molecule has 3 rings (SSSR count). The van der Waals surface area contributed by atoms with Gasteiger partial charge in [0.1, 0.15) is 0 Å². The summed E-state index contributed by atoms with van der Waals surface area (Å²) in [6.07, 6.45) is 1.59. The van der Waals surface area contributed by atoms with Crippen LogP contribution in [0.1, 0.15) is 32.9 Å². The number of rotatable bonds is 5. The van der Waals surface area contributed by atoms with Crippen molar-refractivity contribution in [2.45, 2.75) is 20.4 Å². The highest BCUT2D eigenvalue weighted by atomic mass is 35.5. The molecule has 1 heterocycles. The van der Waals surface area contributed by atoms with Gasteiger partial charge in [0.15, 0.2) is 0 Å². The summed E-state index contributed by atoms with van der Waals surface area (Å²) < 4.78 is 1.87. The molecular weight excluding hydrogens is 383 g/mol. The van der Waals surface area contributed by atoms with Crippen molar-refractivity contribution in [3.63, 3.8) is 0 Å². The first-order chi connectivity index (χ1) is 13.0.